The van der Waals surface area contributed by atoms with E-state index in [4.69, 9.17) is 4.74 Å². The molecule has 116 valence electrons. The minimum Gasteiger partial charge on any atom is -0.383 e. The number of carbonyl (C=O) groups excluding carboxylic acids is 1. The maximum atomic E-state index is 11.8. The first-order valence-electron chi connectivity index (χ1n) is 7.33. The van der Waals surface area contributed by atoms with Gasteiger partial charge in [-0.15, -0.1) is 0 Å². The predicted molar refractivity (Wildman–Crippen MR) is 85.3 cm³/mol. The van der Waals surface area contributed by atoms with Gasteiger partial charge in [-0.25, -0.2) is 0 Å². The number of aliphatic hydroxyl groups excluding tert-OH is 1. The monoisotopic (exact) mass is 309 g/mol. The highest BCUT2D eigenvalue weighted by atomic mass is 32.2. The van der Waals surface area contributed by atoms with Gasteiger partial charge in [0, 0.05) is 19.1 Å². The maximum Gasteiger partial charge on any atom is 0.248 e. The topological polar surface area (TPSA) is 58.6 Å². The first-order valence-corrected chi connectivity index (χ1v) is 8.73. The Bertz CT molecular complexity index is 440. The minimum absolute atomic E-state index is 0.0369. The second-order valence-electron chi connectivity index (χ2n) is 5.29. The molecular weight excluding hydrogens is 286 g/mol. The number of amides is 1. The van der Waals surface area contributed by atoms with Crippen molar-refractivity contribution >= 4 is 17.7 Å². The van der Waals surface area contributed by atoms with E-state index in [2.05, 4.69) is 17.4 Å². The van der Waals surface area contributed by atoms with E-state index in [0.29, 0.717) is 13.0 Å². The Morgan fingerprint density at radius 3 is 2.95 bits per heavy atom. The fraction of sp³-hybridized carbons (Fsp3) is 0.562. The van der Waals surface area contributed by atoms with Crippen molar-refractivity contribution < 1.29 is 14.6 Å². The Kier molecular flexibility index (Phi) is 6.54. The van der Waals surface area contributed by atoms with Crippen molar-refractivity contribution in [2.75, 3.05) is 25.2 Å². The molecule has 1 saturated heterocycles. The molecule has 1 fully saturated rings. The Labute approximate surface area is 130 Å². The van der Waals surface area contributed by atoms with Gasteiger partial charge in [-0.05, 0) is 30.4 Å². The van der Waals surface area contributed by atoms with Gasteiger partial charge in [0.1, 0.15) is 6.10 Å². The van der Waals surface area contributed by atoms with Crippen LogP contribution in [0.2, 0.25) is 0 Å². The zero-order valence-electron chi connectivity index (χ0n) is 12.3. The molecule has 3 atom stereocenters. The van der Waals surface area contributed by atoms with Gasteiger partial charge in [0.2, 0.25) is 5.91 Å². The number of nitrogens with one attached hydrogen (secondary N) is 1. The van der Waals surface area contributed by atoms with Crippen molar-refractivity contribution in [3.63, 3.8) is 0 Å². The molecule has 21 heavy (non-hydrogen) atoms. The largest absolute Gasteiger partial charge is 0.383 e. The van der Waals surface area contributed by atoms with Crippen LogP contribution in [0.25, 0.3) is 0 Å². The maximum absolute atomic E-state index is 11.8. The Hall–Kier alpha value is -1.04. The summed E-state index contributed by atoms with van der Waals surface area (Å²) in [6.07, 6.45) is 2.52. The highest BCUT2D eigenvalue weighted by molar-refractivity contribution is 7.98. The van der Waals surface area contributed by atoms with Gasteiger partial charge in [0.05, 0.1) is 6.10 Å². The third-order valence-electron chi connectivity index (χ3n) is 3.78. The highest BCUT2D eigenvalue weighted by Gasteiger charge is 2.30. The van der Waals surface area contributed by atoms with Crippen LogP contribution in [0.4, 0.5) is 0 Å². The molecule has 1 unspecified atom stereocenters. The molecule has 0 spiro atoms. The zero-order chi connectivity index (χ0) is 15.1. The molecule has 1 amide bonds. The molecule has 0 saturated carbocycles. The molecule has 1 aromatic rings. The fourth-order valence-corrected chi connectivity index (χ4v) is 3.02. The fourth-order valence-electron chi connectivity index (χ4n) is 2.56. The van der Waals surface area contributed by atoms with E-state index in [9.17, 15) is 9.90 Å². The predicted octanol–water partition coefficient (Wildman–Crippen LogP) is 1.99. The summed E-state index contributed by atoms with van der Waals surface area (Å²) in [5, 5.41) is 12.6. The lowest BCUT2D eigenvalue weighted by molar-refractivity contribution is -0.129. The molecule has 0 bridgehead atoms. The van der Waals surface area contributed by atoms with Crippen molar-refractivity contribution in [1.29, 1.82) is 0 Å². The van der Waals surface area contributed by atoms with Gasteiger partial charge in [-0.3, -0.25) is 4.79 Å². The molecule has 4 nitrogen and oxygen atoms in total. The van der Waals surface area contributed by atoms with Crippen LogP contribution in [-0.4, -0.2) is 42.3 Å². The van der Waals surface area contributed by atoms with E-state index in [0.717, 1.165) is 24.3 Å². The number of rotatable bonds is 7. The quantitative estimate of drug-likeness (QED) is 0.809. The van der Waals surface area contributed by atoms with E-state index in [1.807, 2.05) is 24.5 Å². The van der Waals surface area contributed by atoms with E-state index < -0.39 is 6.10 Å². The normalized spacial score (nSPS) is 23.0. The third-order valence-corrected chi connectivity index (χ3v) is 4.42. The summed E-state index contributed by atoms with van der Waals surface area (Å²) in [7, 11) is 0. The molecule has 0 radical (unpaired) electrons. The molecule has 0 aromatic heterocycles. The SMILES string of the molecule is CSCCC(O)C(=O)NC[C@@H]1CCO[C@H]1c1ccccc1. The van der Waals surface area contributed by atoms with Crippen LogP contribution in [-0.2, 0) is 9.53 Å². The van der Waals surface area contributed by atoms with Crippen LogP contribution in [0.1, 0.15) is 24.5 Å². The van der Waals surface area contributed by atoms with E-state index >= 15 is 0 Å². The lowest BCUT2D eigenvalue weighted by Gasteiger charge is -2.20. The van der Waals surface area contributed by atoms with Crippen LogP contribution in [0.3, 0.4) is 0 Å². The number of carbonyl (C=O) groups is 1. The van der Waals surface area contributed by atoms with Gasteiger partial charge in [-0.2, -0.15) is 11.8 Å². The Morgan fingerprint density at radius 1 is 1.48 bits per heavy atom. The summed E-state index contributed by atoms with van der Waals surface area (Å²) < 4.78 is 5.79. The molecule has 1 aromatic carbocycles. The van der Waals surface area contributed by atoms with Gasteiger partial charge in [0.25, 0.3) is 0 Å². The number of benzene rings is 1. The summed E-state index contributed by atoms with van der Waals surface area (Å²) >= 11 is 1.63. The van der Waals surface area contributed by atoms with Crippen molar-refractivity contribution in [2.24, 2.45) is 5.92 Å². The van der Waals surface area contributed by atoms with Crippen molar-refractivity contribution in [1.82, 2.24) is 5.32 Å². The number of ether oxygens (including phenoxy) is 1. The number of aliphatic hydroxyl groups is 1. The van der Waals surface area contributed by atoms with Gasteiger partial charge >= 0.3 is 0 Å². The highest BCUT2D eigenvalue weighted by Crippen LogP contribution is 2.33. The lowest BCUT2D eigenvalue weighted by Crippen LogP contribution is -2.38. The van der Waals surface area contributed by atoms with Crippen LogP contribution < -0.4 is 5.32 Å². The number of hydrogen-bond acceptors (Lipinski definition) is 4. The summed E-state index contributed by atoms with van der Waals surface area (Å²) in [6.45, 7) is 1.27. The molecule has 1 aliphatic heterocycles. The van der Waals surface area contributed by atoms with Crippen LogP contribution in [0, 0.1) is 5.92 Å². The Morgan fingerprint density at radius 2 is 2.24 bits per heavy atom. The van der Waals surface area contributed by atoms with Crippen molar-refractivity contribution in [2.45, 2.75) is 25.0 Å². The molecular formula is C16H23NO3S. The summed E-state index contributed by atoms with van der Waals surface area (Å²) in [5.74, 6) is 0.778. The van der Waals surface area contributed by atoms with Crippen molar-refractivity contribution in [3.05, 3.63) is 35.9 Å². The zero-order valence-corrected chi connectivity index (χ0v) is 13.1. The molecule has 2 rings (SSSR count). The third kappa shape index (κ3) is 4.73. The molecule has 1 heterocycles. The van der Waals surface area contributed by atoms with E-state index in [1.165, 1.54) is 0 Å². The summed E-state index contributed by atoms with van der Waals surface area (Å²) in [5.41, 5.74) is 1.15. The Balaban J connectivity index is 1.83. The summed E-state index contributed by atoms with van der Waals surface area (Å²) in [4.78, 5) is 11.8. The van der Waals surface area contributed by atoms with Gasteiger partial charge < -0.3 is 15.2 Å². The first-order chi connectivity index (χ1) is 10.2. The second kappa shape index (κ2) is 8.41. The van der Waals surface area contributed by atoms with Crippen molar-refractivity contribution in [3.8, 4) is 0 Å². The molecule has 0 aliphatic carbocycles. The average Bonchev–Trinajstić information content (AvgIpc) is 2.99. The average molecular weight is 309 g/mol. The second-order valence-corrected chi connectivity index (χ2v) is 6.28. The molecule has 5 heteroatoms. The first kappa shape index (κ1) is 16.3. The van der Waals surface area contributed by atoms with Gasteiger partial charge in [-0.1, -0.05) is 30.3 Å². The van der Waals surface area contributed by atoms with Gasteiger partial charge in [0.15, 0.2) is 0 Å². The van der Waals surface area contributed by atoms with Crippen LogP contribution in [0.15, 0.2) is 30.3 Å². The lowest BCUT2D eigenvalue weighted by atomic mass is 9.95. The van der Waals surface area contributed by atoms with Crippen LogP contribution in [0.5, 0.6) is 0 Å². The minimum atomic E-state index is -0.907. The smallest absolute Gasteiger partial charge is 0.248 e. The molecule has 2 N–H and O–H groups in total. The number of thioether (sulfide) groups is 1. The standard InChI is InChI=1S/C16H23NO3S/c1-21-10-8-14(18)16(19)17-11-13-7-9-20-15(13)12-5-3-2-4-6-12/h2-6,13-15,18H,7-11H2,1H3,(H,17,19)/t13-,14?,15-/m0/s1. The summed E-state index contributed by atoms with van der Waals surface area (Å²) in [6, 6.07) is 10.1. The van der Waals surface area contributed by atoms with E-state index in [1.54, 1.807) is 11.8 Å². The molecule has 1 aliphatic rings. The number of hydrogen-bond donors (Lipinski definition) is 2. The van der Waals surface area contributed by atoms with E-state index in [-0.39, 0.29) is 17.9 Å². The van der Waals surface area contributed by atoms with Crippen LogP contribution >= 0.6 is 11.8 Å².